The van der Waals surface area contributed by atoms with Crippen LogP contribution in [0, 0.1) is 6.92 Å². The molecule has 198 valence electrons. The van der Waals surface area contributed by atoms with Gasteiger partial charge in [0.1, 0.15) is 11.7 Å². The fourth-order valence-electron chi connectivity index (χ4n) is 5.43. The van der Waals surface area contributed by atoms with Crippen molar-refractivity contribution in [2.45, 2.75) is 57.3 Å². The lowest BCUT2D eigenvalue weighted by molar-refractivity contribution is -0.141. The van der Waals surface area contributed by atoms with Crippen molar-refractivity contribution in [3.8, 4) is 0 Å². The van der Waals surface area contributed by atoms with E-state index in [1.807, 2.05) is 54.3 Å². The minimum atomic E-state index is -4.54. The Labute approximate surface area is 219 Å². The van der Waals surface area contributed by atoms with Gasteiger partial charge in [-0.15, -0.1) is 0 Å². The van der Waals surface area contributed by atoms with Crippen molar-refractivity contribution in [2.75, 3.05) is 21.7 Å². The number of aromatic nitrogens is 1. The second-order valence-corrected chi connectivity index (χ2v) is 9.85. The predicted octanol–water partition coefficient (Wildman–Crippen LogP) is 6.27. The zero-order valence-electron chi connectivity index (χ0n) is 21.0. The Bertz CT molecular complexity index is 1320. The van der Waals surface area contributed by atoms with Gasteiger partial charge in [0, 0.05) is 23.0 Å². The zero-order chi connectivity index (χ0) is 26.9. The van der Waals surface area contributed by atoms with Gasteiger partial charge in [0.15, 0.2) is 0 Å². The molecule has 1 N–H and O–H groups in total. The lowest BCUT2D eigenvalue weighted by Gasteiger charge is -2.33. The number of hydrogen-bond donors (Lipinski definition) is 1. The van der Waals surface area contributed by atoms with E-state index in [0.29, 0.717) is 5.69 Å². The molecule has 1 fully saturated rings. The van der Waals surface area contributed by atoms with Crippen LogP contribution in [0.1, 0.15) is 55.0 Å². The van der Waals surface area contributed by atoms with Crippen LogP contribution in [0.25, 0.3) is 0 Å². The van der Waals surface area contributed by atoms with Crippen molar-refractivity contribution in [3.63, 3.8) is 0 Å². The number of para-hydroxylation sites is 1. The Morgan fingerprint density at radius 2 is 1.82 bits per heavy atom. The highest BCUT2D eigenvalue weighted by Crippen LogP contribution is 2.44. The van der Waals surface area contributed by atoms with Gasteiger partial charge in [0.05, 0.1) is 18.4 Å². The van der Waals surface area contributed by atoms with Gasteiger partial charge in [-0.3, -0.25) is 14.5 Å². The molecular formula is C29H29F3N4O2. The van der Waals surface area contributed by atoms with Gasteiger partial charge in [-0.25, -0.2) is 4.98 Å². The number of rotatable bonds is 6. The summed E-state index contributed by atoms with van der Waals surface area (Å²) in [5.74, 6) is -0.515. The summed E-state index contributed by atoms with van der Waals surface area (Å²) in [6.45, 7) is 1.69. The number of pyridine rings is 1. The maximum Gasteiger partial charge on any atom is 0.433 e. The molecule has 1 aliphatic carbocycles. The number of anilines is 3. The summed E-state index contributed by atoms with van der Waals surface area (Å²) in [6.07, 6.45) is 1.63. The quantitative estimate of drug-likeness (QED) is 0.414. The van der Waals surface area contributed by atoms with Crippen LogP contribution in [-0.4, -0.2) is 29.4 Å². The molecule has 3 aromatic rings. The van der Waals surface area contributed by atoms with Gasteiger partial charge < -0.3 is 10.2 Å². The molecule has 5 rings (SSSR count). The standard InChI is InChI=1S/C29H29F3N4O2/c1-19-8-7-11-22(16-19)36(26(37)18-33-20-14-15-25(34-17-20)29(30,31)32)27-23-12-5-6-13-24(23)35(28(27)38)21-9-3-2-4-10-21/h5-8,11-17,21,27,33H,2-4,9-10,18H2,1H3. The molecule has 0 radical (unpaired) electrons. The van der Waals surface area contributed by atoms with Crippen LogP contribution in [0.3, 0.4) is 0 Å². The van der Waals surface area contributed by atoms with E-state index in [2.05, 4.69) is 10.3 Å². The number of aryl methyl sites for hydroxylation is 1. The van der Waals surface area contributed by atoms with Gasteiger partial charge in [-0.2, -0.15) is 13.2 Å². The molecule has 2 aliphatic rings. The third kappa shape index (κ3) is 5.10. The van der Waals surface area contributed by atoms with Gasteiger partial charge in [-0.05, 0) is 55.7 Å². The first kappa shape index (κ1) is 25.8. The molecule has 9 heteroatoms. The number of alkyl halides is 3. The largest absolute Gasteiger partial charge is 0.433 e. The molecule has 0 saturated heterocycles. The van der Waals surface area contributed by atoms with Crippen LogP contribution >= 0.6 is 0 Å². The molecule has 1 aromatic heterocycles. The molecular weight excluding hydrogens is 493 g/mol. The number of halogens is 3. The molecule has 1 saturated carbocycles. The van der Waals surface area contributed by atoms with Crippen molar-refractivity contribution < 1.29 is 22.8 Å². The Morgan fingerprint density at radius 3 is 2.50 bits per heavy atom. The number of hydrogen-bond acceptors (Lipinski definition) is 4. The highest BCUT2D eigenvalue weighted by Gasteiger charge is 2.45. The third-order valence-corrected chi connectivity index (χ3v) is 7.21. The fourth-order valence-corrected chi connectivity index (χ4v) is 5.43. The van der Waals surface area contributed by atoms with Crippen LogP contribution in [0.15, 0.2) is 66.9 Å². The minimum absolute atomic E-state index is 0.0909. The van der Waals surface area contributed by atoms with Gasteiger partial charge >= 0.3 is 6.18 Å². The summed E-state index contributed by atoms with van der Waals surface area (Å²) in [5, 5.41) is 2.88. The summed E-state index contributed by atoms with van der Waals surface area (Å²) in [7, 11) is 0. The molecule has 2 amide bonds. The van der Waals surface area contributed by atoms with Gasteiger partial charge in [0.2, 0.25) is 5.91 Å². The maximum atomic E-state index is 14.1. The topological polar surface area (TPSA) is 65.5 Å². The first-order valence-corrected chi connectivity index (χ1v) is 12.8. The van der Waals surface area contributed by atoms with E-state index in [1.165, 1.54) is 11.0 Å². The molecule has 38 heavy (non-hydrogen) atoms. The van der Waals surface area contributed by atoms with Crippen molar-refractivity contribution in [1.82, 2.24) is 4.98 Å². The molecule has 0 spiro atoms. The monoisotopic (exact) mass is 522 g/mol. The fraction of sp³-hybridized carbons (Fsp3) is 0.345. The lowest BCUT2D eigenvalue weighted by atomic mass is 9.94. The summed E-state index contributed by atoms with van der Waals surface area (Å²) in [4.78, 5) is 34.7. The number of benzene rings is 2. The lowest BCUT2D eigenvalue weighted by Crippen LogP contribution is -2.46. The normalized spacial score (nSPS) is 17.8. The number of nitrogens with zero attached hydrogens (tertiary/aromatic N) is 3. The number of carbonyl (C=O) groups is 2. The van der Waals surface area contributed by atoms with Gasteiger partial charge in [-0.1, -0.05) is 49.6 Å². The molecule has 0 bridgehead atoms. The van der Waals surface area contributed by atoms with Gasteiger partial charge in [0.25, 0.3) is 5.91 Å². The first-order chi connectivity index (χ1) is 18.2. The van der Waals surface area contributed by atoms with Crippen LogP contribution in [-0.2, 0) is 15.8 Å². The van der Waals surface area contributed by atoms with Crippen LogP contribution in [0.4, 0.5) is 30.2 Å². The Kier molecular flexibility index (Phi) is 7.10. The second kappa shape index (κ2) is 10.5. The van der Waals surface area contributed by atoms with Crippen molar-refractivity contribution in [2.24, 2.45) is 0 Å². The summed E-state index contributed by atoms with van der Waals surface area (Å²) >= 11 is 0. The molecule has 2 aromatic carbocycles. The number of amides is 2. The highest BCUT2D eigenvalue weighted by atomic mass is 19.4. The molecule has 1 aliphatic heterocycles. The van der Waals surface area contributed by atoms with Crippen molar-refractivity contribution in [3.05, 3.63) is 83.7 Å². The summed E-state index contributed by atoms with van der Waals surface area (Å²) < 4.78 is 38.6. The van der Waals surface area contributed by atoms with E-state index in [1.54, 1.807) is 6.07 Å². The molecule has 1 atom stereocenters. The van der Waals surface area contributed by atoms with E-state index in [9.17, 15) is 22.8 Å². The van der Waals surface area contributed by atoms with E-state index < -0.39 is 17.9 Å². The summed E-state index contributed by atoms with van der Waals surface area (Å²) in [6, 6.07) is 16.4. The Balaban J connectivity index is 1.46. The Hall–Kier alpha value is -3.88. The van der Waals surface area contributed by atoms with Crippen LogP contribution in [0.2, 0.25) is 0 Å². The average molecular weight is 523 g/mol. The number of carbonyl (C=O) groups excluding carboxylic acids is 2. The number of fused-ring (bicyclic) bond motifs is 1. The third-order valence-electron chi connectivity index (χ3n) is 7.21. The highest BCUT2D eigenvalue weighted by molar-refractivity contribution is 6.12. The molecule has 6 nitrogen and oxygen atoms in total. The minimum Gasteiger partial charge on any atom is -0.375 e. The van der Waals surface area contributed by atoms with Crippen LogP contribution < -0.4 is 15.1 Å². The molecule has 1 unspecified atom stereocenters. The smallest absolute Gasteiger partial charge is 0.375 e. The Morgan fingerprint density at radius 1 is 1.05 bits per heavy atom. The van der Waals surface area contributed by atoms with Crippen molar-refractivity contribution in [1.29, 1.82) is 0 Å². The number of nitrogens with one attached hydrogen (secondary N) is 1. The maximum absolute atomic E-state index is 14.1. The first-order valence-electron chi connectivity index (χ1n) is 12.8. The average Bonchev–Trinajstić information content (AvgIpc) is 3.19. The van der Waals surface area contributed by atoms with E-state index in [4.69, 9.17) is 0 Å². The van der Waals surface area contributed by atoms with Crippen LogP contribution in [0.5, 0.6) is 0 Å². The second-order valence-electron chi connectivity index (χ2n) is 9.85. The SMILES string of the molecule is Cc1cccc(N(C(=O)CNc2ccc(C(F)(F)F)nc2)C2C(=O)N(C3CCCCC3)c3ccccc32)c1. The van der Waals surface area contributed by atoms with E-state index >= 15 is 0 Å². The predicted molar refractivity (Wildman–Crippen MR) is 140 cm³/mol. The molecule has 2 heterocycles. The van der Waals surface area contributed by atoms with E-state index in [0.717, 1.165) is 61.2 Å². The summed E-state index contributed by atoms with van der Waals surface area (Å²) in [5.41, 5.74) is 2.39. The van der Waals surface area contributed by atoms with E-state index in [-0.39, 0.29) is 30.1 Å². The zero-order valence-corrected chi connectivity index (χ0v) is 21.0. The van der Waals surface area contributed by atoms with Crippen molar-refractivity contribution >= 4 is 28.9 Å².